The zero-order valence-electron chi connectivity index (χ0n) is 15.1. The maximum Gasteiger partial charge on any atom is 0.348 e. The molecular formula is C18H4Cl4N8O2. The van der Waals surface area contributed by atoms with Crippen LogP contribution in [0.5, 0.6) is 0 Å². The molecule has 4 N–H and O–H groups in total. The summed E-state index contributed by atoms with van der Waals surface area (Å²) < 4.78 is 0. The molecule has 0 saturated carbocycles. The lowest BCUT2D eigenvalue weighted by Crippen LogP contribution is -2.13. The molecule has 0 unspecified atom stereocenters. The van der Waals surface area contributed by atoms with E-state index in [2.05, 4.69) is 39.9 Å². The van der Waals surface area contributed by atoms with Crippen molar-refractivity contribution >= 4 is 112 Å². The zero-order valence-corrected chi connectivity index (χ0v) is 18.1. The molecule has 0 aliphatic heterocycles. The second-order valence-corrected chi connectivity index (χ2v) is 8.62. The van der Waals surface area contributed by atoms with Crippen LogP contribution in [0.1, 0.15) is 0 Å². The Kier molecular flexibility index (Phi) is 3.33. The number of nitrogens with zero attached hydrogens (tertiary/aromatic N) is 4. The lowest BCUT2D eigenvalue weighted by Gasteiger charge is -2.19. The van der Waals surface area contributed by atoms with Crippen molar-refractivity contribution in [2.45, 2.75) is 0 Å². The fourth-order valence-corrected chi connectivity index (χ4v) is 5.58. The summed E-state index contributed by atoms with van der Waals surface area (Å²) in [6, 6.07) is 0. The van der Waals surface area contributed by atoms with Gasteiger partial charge in [-0.15, -0.1) is 0 Å². The molecule has 0 aliphatic carbocycles. The first-order valence-electron chi connectivity index (χ1n) is 8.95. The Morgan fingerprint density at radius 1 is 0.531 bits per heavy atom. The first-order chi connectivity index (χ1) is 15.3. The number of fused-ring (bicyclic) bond motifs is 2. The molecular weight excluding hydrogens is 502 g/mol. The summed E-state index contributed by atoms with van der Waals surface area (Å²) in [4.78, 5) is 51.9. The van der Waals surface area contributed by atoms with Crippen LogP contribution in [0.3, 0.4) is 0 Å². The average Bonchev–Trinajstić information content (AvgIpc) is 2.70. The summed E-state index contributed by atoms with van der Waals surface area (Å²) >= 11 is 26.5. The van der Waals surface area contributed by atoms with Crippen molar-refractivity contribution in [3.63, 3.8) is 0 Å². The van der Waals surface area contributed by atoms with Gasteiger partial charge in [0.15, 0.2) is 5.65 Å². The number of nitrogens with one attached hydrogen (secondary N) is 4. The highest BCUT2D eigenvalue weighted by molar-refractivity contribution is 6.53. The number of benzene rings is 1. The number of aromatic amines is 4. The van der Waals surface area contributed by atoms with Crippen molar-refractivity contribution in [1.29, 1.82) is 0 Å². The van der Waals surface area contributed by atoms with Crippen molar-refractivity contribution in [1.82, 2.24) is 39.9 Å². The van der Waals surface area contributed by atoms with Crippen LogP contribution in [0.25, 0.3) is 65.7 Å². The van der Waals surface area contributed by atoms with E-state index in [4.69, 9.17) is 46.4 Å². The maximum absolute atomic E-state index is 12.1. The molecule has 0 bridgehead atoms. The molecule has 7 aromatic rings. The van der Waals surface area contributed by atoms with Gasteiger partial charge in [0.05, 0.1) is 10.8 Å². The highest BCUT2D eigenvalue weighted by atomic mass is 35.5. The molecule has 0 atom stereocenters. The molecule has 0 spiro atoms. The first-order valence-corrected chi connectivity index (χ1v) is 10.5. The third-order valence-corrected chi connectivity index (χ3v) is 6.65. The van der Waals surface area contributed by atoms with Gasteiger partial charge in [-0.3, -0.25) is 15.0 Å². The average molecular weight is 506 g/mol. The smallest absolute Gasteiger partial charge is 0.331 e. The predicted octanol–water partition coefficient (Wildman–Crippen LogP) is 4.27. The van der Waals surface area contributed by atoms with Gasteiger partial charge in [-0.1, -0.05) is 46.4 Å². The Balaban J connectivity index is 2.00. The molecule has 10 nitrogen and oxygen atoms in total. The van der Waals surface area contributed by atoms with E-state index < -0.39 is 11.4 Å². The lowest BCUT2D eigenvalue weighted by molar-refractivity contribution is 1.10. The summed E-state index contributed by atoms with van der Waals surface area (Å²) in [6.45, 7) is 0. The molecule has 0 fully saturated rings. The molecule has 156 valence electrons. The number of halogens is 4. The molecule has 1 aromatic carbocycles. The second kappa shape index (κ2) is 5.78. The van der Waals surface area contributed by atoms with Crippen LogP contribution < -0.4 is 11.4 Å². The third-order valence-electron chi connectivity index (χ3n) is 5.55. The van der Waals surface area contributed by atoms with Crippen molar-refractivity contribution in [2.24, 2.45) is 0 Å². The van der Waals surface area contributed by atoms with Crippen molar-refractivity contribution in [2.75, 3.05) is 0 Å². The van der Waals surface area contributed by atoms with E-state index in [0.717, 1.165) is 0 Å². The van der Waals surface area contributed by atoms with Gasteiger partial charge in [0.2, 0.25) is 0 Å². The monoisotopic (exact) mass is 504 g/mol. The highest BCUT2D eigenvalue weighted by Crippen LogP contribution is 2.49. The van der Waals surface area contributed by atoms with Crippen molar-refractivity contribution in [3.05, 3.63) is 41.6 Å². The maximum atomic E-state index is 12.1. The fourth-order valence-electron chi connectivity index (χ4n) is 4.48. The van der Waals surface area contributed by atoms with E-state index in [1.165, 1.54) is 0 Å². The Bertz CT molecular complexity index is 1800. The summed E-state index contributed by atoms with van der Waals surface area (Å²) in [5, 5.41) is 4.29. The quantitative estimate of drug-likeness (QED) is 0.137. The standard InChI is InChI=1S/C18H4Cl4N8O2/c19-9-3-1-4(10(20)24-14-7(1)13(23-9)27-17(31)28-14)6-2-5(3)11(21)25-15-8(2)16(26-12(6)22)30-18(32)29-15/h(H2,23,24,27,28,31)(H2,25,26,29,30,32). The van der Waals surface area contributed by atoms with Crippen LogP contribution in [-0.4, -0.2) is 39.9 Å². The van der Waals surface area contributed by atoms with E-state index in [9.17, 15) is 9.59 Å². The molecule has 6 heterocycles. The molecule has 0 radical (unpaired) electrons. The number of hydrogen-bond acceptors (Lipinski definition) is 6. The number of rotatable bonds is 0. The molecule has 14 heteroatoms. The van der Waals surface area contributed by atoms with Crippen LogP contribution >= 0.6 is 46.4 Å². The molecule has 0 saturated heterocycles. The van der Waals surface area contributed by atoms with Gasteiger partial charge >= 0.3 is 11.4 Å². The lowest BCUT2D eigenvalue weighted by atomic mass is 9.94. The Morgan fingerprint density at radius 2 is 1.09 bits per heavy atom. The minimum Gasteiger partial charge on any atom is -0.331 e. The normalized spacial score (nSPS) is 12.6. The van der Waals surface area contributed by atoms with Gasteiger partial charge in [-0.05, 0) is 0 Å². The van der Waals surface area contributed by atoms with Gasteiger partial charge in [0.25, 0.3) is 0 Å². The minimum absolute atomic E-state index is 0.0485. The largest absolute Gasteiger partial charge is 0.348 e. The number of pyridine rings is 4. The highest BCUT2D eigenvalue weighted by Gasteiger charge is 2.27. The predicted molar refractivity (Wildman–Crippen MR) is 124 cm³/mol. The van der Waals surface area contributed by atoms with E-state index in [0.29, 0.717) is 48.7 Å². The summed E-state index contributed by atoms with van der Waals surface area (Å²) in [5.74, 6) is 0. The van der Waals surface area contributed by atoms with Crippen molar-refractivity contribution < 1.29 is 0 Å². The molecule has 32 heavy (non-hydrogen) atoms. The van der Waals surface area contributed by atoms with E-state index in [-0.39, 0.29) is 37.6 Å². The van der Waals surface area contributed by atoms with Crippen LogP contribution in [0.15, 0.2) is 9.59 Å². The number of H-pyrrole nitrogens is 4. The number of hydrogen-bond donors (Lipinski definition) is 4. The van der Waals surface area contributed by atoms with Crippen LogP contribution in [0, 0.1) is 0 Å². The zero-order chi connectivity index (χ0) is 22.0. The van der Waals surface area contributed by atoms with Crippen LogP contribution in [0.4, 0.5) is 0 Å². The van der Waals surface area contributed by atoms with Gasteiger partial charge < -0.3 is 4.98 Å². The van der Waals surface area contributed by atoms with Gasteiger partial charge in [0.1, 0.15) is 37.6 Å². The van der Waals surface area contributed by atoms with E-state index in [1.807, 2.05) is 0 Å². The Morgan fingerprint density at radius 3 is 1.75 bits per heavy atom. The fraction of sp³-hybridized carbons (Fsp3) is 0. The topological polar surface area (TPSA) is 149 Å². The molecule has 6 aromatic heterocycles. The molecule has 7 rings (SSSR count). The van der Waals surface area contributed by atoms with E-state index >= 15 is 0 Å². The van der Waals surface area contributed by atoms with Gasteiger partial charge in [-0.2, -0.15) is 4.98 Å². The van der Waals surface area contributed by atoms with Crippen molar-refractivity contribution in [3.8, 4) is 0 Å². The molecule has 0 aliphatic rings. The third kappa shape index (κ3) is 2.08. The molecule has 0 amide bonds. The minimum atomic E-state index is -0.618. The summed E-state index contributed by atoms with van der Waals surface area (Å²) in [6.07, 6.45) is 0. The SMILES string of the molecule is O=c1nc2nc(Cl)c3c4c(Cl)nc5[nH]c(=O)[nH]c6nc(Cl)c(c7c(Cl)[nH]c([nH]1)c2c37)c4c56. The van der Waals surface area contributed by atoms with Crippen LogP contribution in [-0.2, 0) is 0 Å². The summed E-state index contributed by atoms with van der Waals surface area (Å²) in [5.41, 5.74) is -0.266. The Hall–Kier alpha value is -3.18. The Labute approximate surface area is 193 Å². The second-order valence-electron chi connectivity index (χ2n) is 7.16. The first kappa shape index (κ1) is 18.4. The van der Waals surface area contributed by atoms with E-state index in [1.54, 1.807) is 0 Å². The van der Waals surface area contributed by atoms with Gasteiger partial charge in [0, 0.05) is 32.3 Å². The van der Waals surface area contributed by atoms with Gasteiger partial charge in [-0.25, -0.2) is 24.5 Å². The number of aromatic nitrogens is 8. The summed E-state index contributed by atoms with van der Waals surface area (Å²) in [7, 11) is 0. The van der Waals surface area contributed by atoms with Crippen LogP contribution in [0.2, 0.25) is 20.6 Å².